The molecule has 0 aliphatic carbocycles. The smallest absolute Gasteiger partial charge is 0.333 e. The van der Waals surface area contributed by atoms with Gasteiger partial charge in [0.15, 0.2) is 0 Å². The van der Waals surface area contributed by atoms with Crippen LogP contribution in [0, 0.1) is 0 Å². The number of phenols is 2. The lowest BCUT2D eigenvalue weighted by molar-refractivity contribution is -0.0599. The van der Waals surface area contributed by atoms with Crippen LogP contribution in [0.5, 0.6) is 23.0 Å². The Hall–Kier alpha value is -4.63. The molecule has 1 unspecified atom stereocenters. The van der Waals surface area contributed by atoms with Gasteiger partial charge in [0.1, 0.15) is 40.3 Å². The summed E-state index contributed by atoms with van der Waals surface area (Å²) in [6, 6.07) is 2.71. The van der Waals surface area contributed by atoms with Crippen molar-refractivity contribution in [3.05, 3.63) is 92.1 Å². The van der Waals surface area contributed by atoms with E-state index in [1.54, 1.807) is 16.7 Å². The number of carbonyl (C=O) groups excluding carboxylic acids is 2. The molecule has 0 spiro atoms. The van der Waals surface area contributed by atoms with Crippen LogP contribution < -0.4 is 14.6 Å². The fourth-order valence-electron chi connectivity index (χ4n) is 9.63. The number of ether oxygens (including phenoxy) is 2. The van der Waals surface area contributed by atoms with Crippen LogP contribution in [0.1, 0.15) is 169 Å². The van der Waals surface area contributed by atoms with Crippen molar-refractivity contribution in [1.82, 2.24) is 9.80 Å². The highest BCUT2D eigenvalue weighted by Crippen LogP contribution is 2.49. The van der Waals surface area contributed by atoms with Crippen molar-refractivity contribution < 1.29 is 47.0 Å². The Labute approximate surface area is 386 Å². The Balaban J connectivity index is 1.11. The summed E-state index contributed by atoms with van der Waals surface area (Å²) >= 11 is 0. The molecule has 4 aliphatic rings. The van der Waals surface area contributed by atoms with Crippen LogP contribution in [0.4, 0.5) is 0 Å². The zero-order valence-corrected chi connectivity index (χ0v) is 40.7. The summed E-state index contributed by atoms with van der Waals surface area (Å²) in [5, 5.41) is 38.9. The largest absolute Gasteiger partial charge is 0.508 e. The van der Waals surface area contributed by atoms with Gasteiger partial charge < -0.3 is 34.6 Å². The average molecular weight is 918 g/mol. The van der Waals surface area contributed by atoms with Gasteiger partial charge in [-0.05, 0) is 139 Å². The Kier molecular flexibility index (Phi) is 15.4. The van der Waals surface area contributed by atoms with Gasteiger partial charge in [0.2, 0.25) is 0 Å². The highest BCUT2D eigenvalue weighted by Gasteiger charge is 2.48. The minimum atomic E-state index is -4.37. The fourth-order valence-corrected chi connectivity index (χ4v) is 10.2. The zero-order chi connectivity index (χ0) is 47.6. The number of hydrogen-bond donors (Lipinski definition) is 4. The molecule has 2 amide bonds. The van der Waals surface area contributed by atoms with Crippen LogP contribution >= 0.6 is 0 Å². The van der Waals surface area contributed by atoms with Crippen molar-refractivity contribution in [3.8, 4) is 23.0 Å². The van der Waals surface area contributed by atoms with E-state index in [0.29, 0.717) is 90.1 Å². The monoisotopic (exact) mass is 917 g/mol. The molecule has 2 aromatic rings. The van der Waals surface area contributed by atoms with Gasteiger partial charge in [-0.1, -0.05) is 46.6 Å². The molecule has 0 bridgehead atoms. The van der Waals surface area contributed by atoms with E-state index < -0.39 is 33.7 Å². The first-order valence-corrected chi connectivity index (χ1v) is 24.7. The number of rotatable bonds is 19. The number of aromatic hydroxyl groups is 2. The van der Waals surface area contributed by atoms with E-state index >= 15 is 0 Å². The fraction of sp³-hybridized carbons (Fsp3) is 0.569. The molecule has 356 valence electrons. The van der Waals surface area contributed by atoms with Crippen molar-refractivity contribution in [1.29, 1.82) is 0 Å². The van der Waals surface area contributed by atoms with Crippen molar-refractivity contribution in [2.75, 3.05) is 6.54 Å². The number of carbonyl (C=O) groups is 2. The standard InChI is InChI=1S/C51H71N3O10S/c1-31(2)15-10-17-33(5)19-12-22-50(8)44(57)27-38-42(55)26-37-41(46(38)62-50)30-54(49(37)59)35(7)21-14-24-53-29-40-36(48(53)58)25-43(56)39-28-45(64-65(52,60)61)51(9,63-47(39)40)23-13-20-34(6)18-11-16-32(3)4/h15-16,19-20,25-26,35,44-45,55-57H,10-14,17-18,21-24,27-30H2,1-9H3,(H2,52,60,61)/b33-19+,34-20+/t35?,44-,45-,50+,51+/m0/s1. The number of aliphatic hydroxyl groups is 1. The second kappa shape index (κ2) is 20.1. The molecule has 4 aliphatic heterocycles. The lowest BCUT2D eigenvalue weighted by atomic mass is 9.84. The molecule has 5 N–H and O–H groups in total. The number of nitrogens with zero attached hydrogens (tertiary/aromatic N) is 2. The van der Waals surface area contributed by atoms with E-state index in [0.717, 1.165) is 32.1 Å². The maximum absolute atomic E-state index is 13.9. The molecule has 5 atom stereocenters. The van der Waals surface area contributed by atoms with Crippen molar-refractivity contribution in [2.45, 2.75) is 182 Å². The lowest BCUT2D eigenvalue weighted by Crippen LogP contribution is -2.52. The van der Waals surface area contributed by atoms with E-state index in [1.165, 1.54) is 34.4 Å². The molecular weight excluding hydrogens is 847 g/mol. The number of fused-ring (bicyclic) bond motifs is 6. The summed E-state index contributed by atoms with van der Waals surface area (Å²) in [6.45, 7) is 19.1. The highest BCUT2D eigenvalue weighted by atomic mass is 32.2. The molecule has 14 heteroatoms. The maximum Gasteiger partial charge on any atom is 0.333 e. The quantitative estimate of drug-likeness (QED) is 0.0990. The molecule has 2 aromatic carbocycles. The molecule has 0 saturated carbocycles. The number of nitrogens with two attached hydrogens (primary N) is 1. The summed E-state index contributed by atoms with van der Waals surface area (Å²) in [7, 11) is -4.37. The molecular formula is C51H71N3O10S. The van der Waals surface area contributed by atoms with Crippen LogP contribution in [0.2, 0.25) is 0 Å². The Morgan fingerprint density at radius 2 is 1.29 bits per heavy atom. The molecule has 65 heavy (non-hydrogen) atoms. The molecule has 0 aromatic heterocycles. The number of amides is 2. The van der Waals surface area contributed by atoms with Gasteiger partial charge >= 0.3 is 10.3 Å². The first-order chi connectivity index (χ1) is 30.5. The van der Waals surface area contributed by atoms with E-state index in [1.807, 2.05) is 13.8 Å². The van der Waals surface area contributed by atoms with Crippen LogP contribution in [0.25, 0.3) is 0 Å². The number of benzene rings is 2. The van der Waals surface area contributed by atoms with Crippen molar-refractivity contribution >= 4 is 22.1 Å². The molecule has 4 heterocycles. The minimum Gasteiger partial charge on any atom is -0.508 e. The zero-order valence-electron chi connectivity index (χ0n) is 39.9. The third-order valence-corrected chi connectivity index (χ3v) is 14.2. The van der Waals surface area contributed by atoms with Gasteiger partial charge in [-0.15, -0.1) is 0 Å². The second-order valence-electron chi connectivity index (χ2n) is 19.8. The second-order valence-corrected chi connectivity index (χ2v) is 20.9. The number of phenolic OH excluding ortho intramolecular Hbond substituents is 2. The van der Waals surface area contributed by atoms with E-state index in [-0.39, 0.29) is 48.7 Å². The van der Waals surface area contributed by atoms with Crippen molar-refractivity contribution in [3.63, 3.8) is 0 Å². The molecule has 0 radical (unpaired) electrons. The molecule has 13 nitrogen and oxygen atoms in total. The van der Waals surface area contributed by atoms with Gasteiger partial charge in [0, 0.05) is 47.7 Å². The summed E-state index contributed by atoms with van der Waals surface area (Å²) in [6.07, 6.45) is 14.3. The van der Waals surface area contributed by atoms with Gasteiger partial charge in [-0.25, -0.2) is 5.14 Å². The number of aliphatic hydroxyl groups excluding tert-OH is 1. The van der Waals surface area contributed by atoms with Crippen LogP contribution in [0.3, 0.4) is 0 Å². The lowest BCUT2D eigenvalue weighted by Gasteiger charge is -2.42. The number of hydrogen-bond acceptors (Lipinski definition) is 10. The van der Waals surface area contributed by atoms with E-state index in [2.05, 4.69) is 65.8 Å². The van der Waals surface area contributed by atoms with E-state index in [9.17, 15) is 33.3 Å². The van der Waals surface area contributed by atoms with Gasteiger partial charge in [-0.2, -0.15) is 8.42 Å². The summed E-state index contributed by atoms with van der Waals surface area (Å²) < 4.78 is 43.1. The summed E-state index contributed by atoms with van der Waals surface area (Å²) in [5.74, 6) is 0.145. The Bertz CT molecular complexity index is 2400. The predicted octanol–water partition coefficient (Wildman–Crippen LogP) is 9.16. The predicted molar refractivity (Wildman–Crippen MR) is 252 cm³/mol. The molecule has 0 fully saturated rings. The van der Waals surface area contributed by atoms with Gasteiger partial charge in [0.25, 0.3) is 11.8 Å². The average Bonchev–Trinajstić information content (AvgIpc) is 3.70. The Morgan fingerprint density at radius 1 is 0.785 bits per heavy atom. The SMILES string of the molecule is CC(C)=CCC/C(C)=C/CC[C@@]1(C)Oc2c(c(O)cc3c2CN(CCCC(C)N2Cc4c(cc(O)c5c4O[C@](C)(CC/C=C(\C)CCC=C(C)C)[C@@H](O)C5)C2=O)C3=O)C[C@@H]1OS(N)(=O)=O. The normalized spacial score (nSPS) is 23.3. The summed E-state index contributed by atoms with van der Waals surface area (Å²) in [4.78, 5) is 31.3. The van der Waals surface area contributed by atoms with Crippen LogP contribution in [-0.2, 0) is 40.4 Å². The van der Waals surface area contributed by atoms with Crippen molar-refractivity contribution in [2.24, 2.45) is 5.14 Å². The molecule has 6 rings (SSSR count). The van der Waals surface area contributed by atoms with Crippen LogP contribution in [-0.4, -0.2) is 81.3 Å². The van der Waals surface area contributed by atoms with E-state index in [4.69, 9.17) is 18.8 Å². The van der Waals surface area contributed by atoms with Gasteiger partial charge in [-0.3, -0.25) is 13.8 Å². The third-order valence-electron chi connectivity index (χ3n) is 13.7. The highest BCUT2D eigenvalue weighted by molar-refractivity contribution is 7.84. The molecule has 0 saturated heterocycles. The first kappa shape index (κ1) is 49.8. The first-order valence-electron chi connectivity index (χ1n) is 23.2. The van der Waals surface area contributed by atoms with Crippen LogP contribution in [0.15, 0.2) is 58.7 Å². The minimum absolute atomic E-state index is 0.0165. The van der Waals surface area contributed by atoms with Gasteiger partial charge in [0.05, 0.1) is 30.3 Å². The third kappa shape index (κ3) is 11.5. The number of allylic oxidation sites excluding steroid dienone is 8. The summed E-state index contributed by atoms with van der Waals surface area (Å²) in [5.41, 5.74) is 5.92. The maximum atomic E-state index is 13.9. The Morgan fingerprint density at radius 3 is 1.85 bits per heavy atom. The topological polar surface area (TPSA) is 189 Å².